The van der Waals surface area contributed by atoms with Gasteiger partial charge in [-0.3, -0.25) is 4.98 Å². The Labute approximate surface area is 164 Å². The number of nitrogens with zero attached hydrogens (tertiary/aromatic N) is 1. The summed E-state index contributed by atoms with van der Waals surface area (Å²) < 4.78 is 79.6. The summed E-state index contributed by atoms with van der Waals surface area (Å²) in [4.78, 5) is 3.55. The molecule has 9 heteroatoms. The molecule has 0 saturated carbocycles. The van der Waals surface area contributed by atoms with Crippen molar-refractivity contribution in [3.63, 3.8) is 0 Å². The minimum absolute atomic E-state index is 0.297. The van der Waals surface area contributed by atoms with Crippen molar-refractivity contribution >= 4 is 9.84 Å². The van der Waals surface area contributed by atoms with Crippen molar-refractivity contribution in [1.29, 1.82) is 0 Å². The molecule has 29 heavy (non-hydrogen) atoms. The minimum atomic E-state index is -4.84. The van der Waals surface area contributed by atoms with Crippen molar-refractivity contribution < 1.29 is 30.7 Å². The first-order chi connectivity index (χ1) is 13.5. The molecule has 0 aliphatic carbocycles. The molecule has 0 atom stereocenters. The molecular weight excluding hydrogens is 410 g/mol. The van der Waals surface area contributed by atoms with E-state index in [0.717, 1.165) is 18.4 Å². The predicted molar refractivity (Wildman–Crippen MR) is 99.6 cm³/mol. The average Bonchev–Trinajstić information content (AvgIpc) is 2.61. The molecule has 0 aliphatic heterocycles. The van der Waals surface area contributed by atoms with Crippen LogP contribution in [0.2, 0.25) is 0 Å². The molecule has 0 radical (unpaired) electrons. The molecule has 0 amide bonds. The van der Waals surface area contributed by atoms with Gasteiger partial charge in [0, 0.05) is 24.2 Å². The van der Waals surface area contributed by atoms with Crippen LogP contribution in [0.3, 0.4) is 0 Å². The van der Waals surface area contributed by atoms with Crippen molar-refractivity contribution in [2.75, 3.05) is 6.26 Å². The number of hydrogen-bond acceptors (Lipinski definition) is 4. The van der Waals surface area contributed by atoms with Crippen molar-refractivity contribution in [2.24, 2.45) is 0 Å². The van der Waals surface area contributed by atoms with Crippen LogP contribution in [-0.2, 0) is 9.84 Å². The molecule has 3 aromatic rings. The van der Waals surface area contributed by atoms with Crippen LogP contribution in [0.15, 0.2) is 59.8 Å². The third-order valence-corrected chi connectivity index (χ3v) is 5.32. The van der Waals surface area contributed by atoms with Crippen LogP contribution in [0.4, 0.5) is 17.6 Å². The molecule has 0 bridgehead atoms. The first kappa shape index (κ1) is 20.8. The lowest BCUT2D eigenvalue weighted by Gasteiger charge is -2.15. The quantitative estimate of drug-likeness (QED) is 0.542. The van der Waals surface area contributed by atoms with Gasteiger partial charge in [-0.15, -0.1) is 13.2 Å². The van der Waals surface area contributed by atoms with Crippen LogP contribution in [0, 0.1) is 12.7 Å². The number of pyridine rings is 1. The summed E-state index contributed by atoms with van der Waals surface area (Å²) in [6.07, 6.45) is -1.07. The summed E-state index contributed by atoms with van der Waals surface area (Å²) in [5.41, 5.74) is 1.94. The molecular formula is C20H15F4NO3S. The molecule has 1 aromatic heterocycles. The summed E-state index contributed by atoms with van der Waals surface area (Å²) in [5.74, 6) is -1.28. The van der Waals surface area contributed by atoms with Gasteiger partial charge in [0.1, 0.15) is 16.5 Å². The van der Waals surface area contributed by atoms with E-state index in [1.807, 2.05) is 0 Å². The second-order valence-electron chi connectivity index (χ2n) is 6.37. The lowest BCUT2D eigenvalue weighted by molar-refractivity contribution is -0.274. The Morgan fingerprint density at radius 3 is 2.24 bits per heavy atom. The van der Waals surface area contributed by atoms with Gasteiger partial charge < -0.3 is 4.74 Å². The predicted octanol–water partition coefficient (Wildman–Crippen LogP) is 5.17. The zero-order chi connectivity index (χ0) is 21.4. The van der Waals surface area contributed by atoms with E-state index in [-0.39, 0.29) is 5.75 Å². The van der Waals surface area contributed by atoms with E-state index < -0.39 is 26.9 Å². The zero-order valence-electron chi connectivity index (χ0n) is 15.3. The van der Waals surface area contributed by atoms with Gasteiger partial charge in [0.15, 0.2) is 9.84 Å². The number of sulfone groups is 1. The number of hydrogen-bond donors (Lipinski definition) is 0. The van der Waals surface area contributed by atoms with Crippen LogP contribution < -0.4 is 4.74 Å². The van der Waals surface area contributed by atoms with Gasteiger partial charge in [-0.2, -0.15) is 0 Å². The Morgan fingerprint density at radius 1 is 0.966 bits per heavy atom. The summed E-state index contributed by atoms with van der Waals surface area (Å²) in [6.45, 7) is 1.48. The molecule has 0 unspecified atom stereocenters. The van der Waals surface area contributed by atoms with E-state index in [0.29, 0.717) is 27.8 Å². The van der Waals surface area contributed by atoms with E-state index in [1.54, 1.807) is 12.1 Å². The molecule has 152 valence electrons. The highest BCUT2D eigenvalue weighted by Gasteiger charge is 2.32. The van der Waals surface area contributed by atoms with E-state index in [9.17, 15) is 26.0 Å². The van der Waals surface area contributed by atoms with Crippen LogP contribution in [-0.4, -0.2) is 26.0 Å². The number of alkyl halides is 3. The monoisotopic (exact) mass is 425 g/mol. The number of aromatic nitrogens is 1. The fourth-order valence-electron chi connectivity index (χ4n) is 2.85. The fourth-order valence-corrected chi connectivity index (χ4v) is 3.58. The highest BCUT2D eigenvalue weighted by Crippen LogP contribution is 2.36. The third-order valence-electron chi connectivity index (χ3n) is 4.19. The number of rotatable bonds is 4. The van der Waals surface area contributed by atoms with E-state index >= 15 is 0 Å². The zero-order valence-corrected chi connectivity index (χ0v) is 16.1. The molecule has 0 N–H and O–H groups in total. The highest BCUT2D eigenvalue weighted by atomic mass is 32.2. The van der Waals surface area contributed by atoms with E-state index in [4.69, 9.17) is 0 Å². The minimum Gasteiger partial charge on any atom is -0.405 e. The van der Waals surface area contributed by atoms with Gasteiger partial charge in [0.05, 0.1) is 0 Å². The molecule has 4 nitrogen and oxygen atoms in total. The van der Waals surface area contributed by atoms with Gasteiger partial charge in [0.2, 0.25) is 0 Å². The Balaban J connectivity index is 2.12. The standard InChI is InChI=1S/C20H15F4NO3S/c1-12-3-4-14(10-18(12)28-20(22,23)24)15-7-8-25-11-16(15)13-5-6-19(17(21)9-13)29(2,26)27/h3-11H,1-2H3. The Kier molecular flexibility index (Phi) is 5.36. The fraction of sp³-hybridized carbons (Fsp3) is 0.150. The highest BCUT2D eigenvalue weighted by molar-refractivity contribution is 7.90. The Morgan fingerprint density at radius 2 is 1.62 bits per heavy atom. The maximum Gasteiger partial charge on any atom is 0.573 e. The molecule has 0 spiro atoms. The third kappa shape index (κ3) is 4.73. The van der Waals surface area contributed by atoms with Gasteiger partial charge in [-0.25, -0.2) is 12.8 Å². The van der Waals surface area contributed by atoms with Gasteiger partial charge in [-0.05, 0) is 53.4 Å². The van der Waals surface area contributed by atoms with Gasteiger partial charge in [0.25, 0.3) is 0 Å². The van der Waals surface area contributed by atoms with Crippen molar-refractivity contribution in [2.45, 2.75) is 18.2 Å². The van der Waals surface area contributed by atoms with E-state index in [2.05, 4.69) is 9.72 Å². The van der Waals surface area contributed by atoms with Crippen LogP contribution in [0.1, 0.15) is 5.56 Å². The summed E-state index contributed by atoms with van der Waals surface area (Å²) in [7, 11) is -3.74. The maximum absolute atomic E-state index is 14.3. The van der Waals surface area contributed by atoms with Crippen molar-refractivity contribution in [1.82, 2.24) is 4.98 Å². The second-order valence-corrected chi connectivity index (χ2v) is 8.35. The molecule has 0 saturated heterocycles. The summed E-state index contributed by atoms with van der Waals surface area (Å²) in [6, 6.07) is 9.51. The molecule has 2 aromatic carbocycles. The molecule has 3 rings (SSSR count). The number of benzene rings is 2. The summed E-state index contributed by atoms with van der Waals surface area (Å²) >= 11 is 0. The van der Waals surface area contributed by atoms with Crippen LogP contribution >= 0.6 is 0 Å². The smallest absolute Gasteiger partial charge is 0.405 e. The lowest BCUT2D eigenvalue weighted by Crippen LogP contribution is -2.17. The normalized spacial score (nSPS) is 12.1. The van der Waals surface area contributed by atoms with Gasteiger partial charge in [-0.1, -0.05) is 18.2 Å². The molecule has 1 heterocycles. The second kappa shape index (κ2) is 7.47. The Hall–Kier alpha value is -2.94. The number of aryl methyl sites for hydroxylation is 1. The Bertz CT molecular complexity index is 1170. The van der Waals surface area contributed by atoms with E-state index in [1.165, 1.54) is 37.5 Å². The van der Waals surface area contributed by atoms with Crippen molar-refractivity contribution in [3.05, 3.63) is 66.2 Å². The SMILES string of the molecule is Cc1ccc(-c2ccncc2-c2ccc(S(C)(=O)=O)c(F)c2)cc1OC(F)(F)F. The number of ether oxygens (including phenoxy) is 1. The van der Waals surface area contributed by atoms with Crippen LogP contribution in [0.25, 0.3) is 22.3 Å². The molecule has 0 aliphatic rings. The van der Waals surface area contributed by atoms with Crippen LogP contribution in [0.5, 0.6) is 5.75 Å². The first-order valence-electron chi connectivity index (χ1n) is 8.26. The lowest BCUT2D eigenvalue weighted by atomic mass is 9.95. The molecule has 0 fully saturated rings. The topological polar surface area (TPSA) is 56.3 Å². The summed E-state index contributed by atoms with van der Waals surface area (Å²) in [5, 5.41) is 0. The average molecular weight is 425 g/mol. The maximum atomic E-state index is 14.3. The van der Waals surface area contributed by atoms with Gasteiger partial charge >= 0.3 is 6.36 Å². The number of halogens is 4. The first-order valence-corrected chi connectivity index (χ1v) is 10.2. The van der Waals surface area contributed by atoms with Crippen molar-refractivity contribution in [3.8, 4) is 28.0 Å². The largest absolute Gasteiger partial charge is 0.573 e.